The van der Waals surface area contributed by atoms with Crippen LogP contribution in [-0.4, -0.2) is 163 Å². The zero-order valence-electron chi connectivity index (χ0n) is 44.0. The lowest BCUT2D eigenvalue weighted by Gasteiger charge is -2.31. The van der Waals surface area contributed by atoms with Gasteiger partial charge in [0.1, 0.15) is 48.0 Å². The van der Waals surface area contributed by atoms with Crippen LogP contribution < -0.4 is 54.4 Å². The van der Waals surface area contributed by atoms with E-state index in [2.05, 4.69) is 37.2 Å². The minimum absolute atomic E-state index is 0.0308. The Hall–Kier alpha value is -8.98. The average molecular weight is 1120 g/mol. The quantitative estimate of drug-likeness (QED) is 0.0299. The zero-order valence-corrected chi connectivity index (χ0v) is 44.0. The maximum Gasteiger partial charge on any atom is 0.328 e. The van der Waals surface area contributed by atoms with Gasteiger partial charge in [-0.3, -0.25) is 52.7 Å². The molecule has 0 saturated carbocycles. The molecular formula is C53H69N11O16. The highest BCUT2D eigenvalue weighted by Gasteiger charge is 2.41. The summed E-state index contributed by atoms with van der Waals surface area (Å²) in [4.78, 5) is 159. The molecule has 1 fully saturated rings. The first-order valence-electron chi connectivity index (χ1n) is 25.6. The molecule has 0 unspecified atom stereocenters. The molecule has 0 bridgehead atoms. The van der Waals surface area contributed by atoms with Crippen LogP contribution in [0.2, 0.25) is 0 Å². The molecule has 1 heterocycles. The van der Waals surface area contributed by atoms with Gasteiger partial charge in [-0.2, -0.15) is 0 Å². The number of carbonyl (C=O) groups excluding carboxylic acids is 10. The van der Waals surface area contributed by atoms with Gasteiger partial charge in [-0.25, -0.2) is 4.79 Å². The number of phenolic OH excluding ortho intramolecular Hbond substituents is 1. The number of nitrogens with zero attached hydrogens (tertiary/aromatic N) is 1. The van der Waals surface area contributed by atoms with E-state index < -0.39 is 151 Å². The van der Waals surface area contributed by atoms with Crippen LogP contribution in [0.5, 0.6) is 5.75 Å². The number of likely N-dealkylation sites (tertiary alicyclic amines) is 1. The van der Waals surface area contributed by atoms with Crippen LogP contribution in [0.15, 0.2) is 84.9 Å². The molecule has 1 saturated heterocycles. The van der Waals surface area contributed by atoms with Crippen molar-refractivity contribution < 1.29 is 78.0 Å². The van der Waals surface area contributed by atoms with E-state index in [0.29, 0.717) is 23.1 Å². The number of nitrogens with two attached hydrogens (primary N) is 3. The van der Waals surface area contributed by atoms with Crippen LogP contribution in [0.3, 0.4) is 0 Å². The number of primary amides is 2. The predicted octanol–water partition coefficient (Wildman–Crippen LogP) is -3.38. The molecule has 10 atom stereocenters. The molecule has 0 aliphatic carbocycles. The Bertz CT molecular complexity index is 2700. The van der Waals surface area contributed by atoms with Crippen LogP contribution in [0, 0.1) is 0 Å². The summed E-state index contributed by atoms with van der Waals surface area (Å²) in [5.41, 5.74) is 17.8. The third-order valence-electron chi connectivity index (χ3n) is 12.8. The SMILES string of the molecule is C[C@H](NC(=O)[C@H](CC(=O)O)NC(=O)[C@H](Cc1ccc(O)cc1)NC(=O)[C@H](CCC(N)=O)NC(=O)[C@@H](N)CCC(N)=O)C(=O)N[C@@H](Cc1ccccc1)C(=O)N1CCC[C@H]1C(=O)N[C@@H](Cc1ccccc1)C(=O)N[C@H](C(=O)O)[C@@H](C)O. The number of aliphatic carboxylic acids is 2. The number of carboxylic acids is 2. The van der Waals surface area contributed by atoms with E-state index in [-0.39, 0.29) is 50.8 Å². The molecule has 0 spiro atoms. The summed E-state index contributed by atoms with van der Waals surface area (Å²) in [5, 5.41) is 56.4. The summed E-state index contributed by atoms with van der Waals surface area (Å²) in [6, 6.07) is 8.57. The highest BCUT2D eigenvalue weighted by molar-refractivity contribution is 5.99. The fourth-order valence-corrected chi connectivity index (χ4v) is 8.47. The first-order valence-corrected chi connectivity index (χ1v) is 25.6. The van der Waals surface area contributed by atoms with Crippen LogP contribution in [-0.2, 0) is 76.8 Å². The first kappa shape index (κ1) is 63.6. The maximum absolute atomic E-state index is 14.6. The van der Waals surface area contributed by atoms with E-state index in [1.807, 2.05) is 0 Å². The van der Waals surface area contributed by atoms with Crippen molar-refractivity contribution in [2.45, 2.75) is 139 Å². The monoisotopic (exact) mass is 1120 g/mol. The van der Waals surface area contributed by atoms with E-state index in [9.17, 15) is 78.0 Å². The van der Waals surface area contributed by atoms with E-state index in [4.69, 9.17) is 17.2 Å². The minimum Gasteiger partial charge on any atom is -0.508 e. The van der Waals surface area contributed by atoms with Gasteiger partial charge >= 0.3 is 11.9 Å². The topological polar surface area (TPSA) is 451 Å². The molecule has 0 aromatic heterocycles. The summed E-state index contributed by atoms with van der Waals surface area (Å²) in [5.74, 6) is -12.6. The Morgan fingerprint density at radius 1 is 0.562 bits per heavy atom. The molecule has 3 aromatic carbocycles. The Morgan fingerprint density at radius 2 is 1.02 bits per heavy atom. The molecule has 432 valence electrons. The normalized spacial score (nSPS) is 16.2. The van der Waals surface area contributed by atoms with Crippen molar-refractivity contribution in [1.29, 1.82) is 0 Å². The standard InChI is InChI=1S/C53H69N11O16/c1-28(57-48(74)38(27-43(69)70)60-49(75)36(25-32-15-17-33(66)18-16-32)59-47(73)35(20-22-42(56)68)58-46(72)34(54)19-21-41(55)67)45(71)62-39(26-31-12-7-4-8-13-31)52(78)64-23-9-14-40(64)51(77)61-37(24-30-10-5-3-6-11-30)50(76)63-44(29(2)65)53(79)80/h3-8,10-13,15-18,28-29,34-40,44,65-66H,9,14,19-27,54H2,1-2H3,(H2,55,67)(H2,56,68)(H,57,74)(H,58,72)(H,59,73)(H,60,75)(H,61,77)(H,62,71)(H,63,76)(H,69,70)(H,79,80)/t28-,29+,34-,35-,36-,37-,38-,39-,40-,44-/m0/s1. The van der Waals surface area contributed by atoms with E-state index in [0.717, 1.165) is 0 Å². The number of carbonyl (C=O) groups is 12. The van der Waals surface area contributed by atoms with Crippen molar-refractivity contribution in [2.24, 2.45) is 17.2 Å². The van der Waals surface area contributed by atoms with E-state index in [1.54, 1.807) is 60.7 Å². The number of carboxylic acid groups (broad SMARTS) is 2. The molecule has 0 radical (unpaired) electrons. The zero-order chi connectivity index (χ0) is 59.2. The van der Waals surface area contributed by atoms with Gasteiger partial charge in [0.15, 0.2) is 6.04 Å². The van der Waals surface area contributed by atoms with Gasteiger partial charge in [0.25, 0.3) is 0 Å². The predicted molar refractivity (Wildman–Crippen MR) is 282 cm³/mol. The molecule has 80 heavy (non-hydrogen) atoms. The van der Waals surface area contributed by atoms with Gasteiger partial charge in [0.2, 0.25) is 59.1 Å². The number of nitrogens with one attached hydrogen (secondary N) is 7. The summed E-state index contributed by atoms with van der Waals surface area (Å²) in [6.45, 7) is 2.41. The fraction of sp³-hybridized carbons (Fsp3) is 0.434. The molecule has 3 aromatic rings. The number of aromatic hydroxyl groups is 1. The van der Waals surface area contributed by atoms with Gasteiger partial charge < -0.3 is 79.7 Å². The van der Waals surface area contributed by atoms with Gasteiger partial charge in [0.05, 0.1) is 18.6 Å². The van der Waals surface area contributed by atoms with Crippen molar-refractivity contribution in [3.8, 4) is 5.75 Å². The van der Waals surface area contributed by atoms with Crippen LogP contribution in [0.1, 0.15) is 75.5 Å². The number of hydrogen-bond acceptors (Lipinski definition) is 15. The van der Waals surface area contributed by atoms with Crippen LogP contribution in [0.25, 0.3) is 0 Å². The average Bonchev–Trinajstić information content (AvgIpc) is 3.91. The second kappa shape index (κ2) is 30.8. The highest BCUT2D eigenvalue weighted by atomic mass is 16.4. The Morgan fingerprint density at radius 3 is 1.56 bits per heavy atom. The largest absolute Gasteiger partial charge is 0.508 e. The first-order chi connectivity index (χ1) is 37.8. The molecule has 10 amide bonds. The number of aliphatic hydroxyl groups is 1. The summed E-state index contributed by atoms with van der Waals surface area (Å²) >= 11 is 0. The Kier molecular flexibility index (Phi) is 24.5. The summed E-state index contributed by atoms with van der Waals surface area (Å²) < 4.78 is 0. The Labute approximate surface area is 459 Å². The van der Waals surface area contributed by atoms with Crippen molar-refractivity contribution in [2.75, 3.05) is 6.54 Å². The van der Waals surface area contributed by atoms with Gasteiger partial charge in [-0.05, 0) is 68.4 Å². The van der Waals surface area contributed by atoms with Crippen molar-refractivity contribution in [1.82, 2.24) is 42.1 Å². The molecule has 1 aliphatic heterocycles. The number of benzene rings is 3. The van der Waals surface area contributed by atoms with Gasteiger partial charge in [-0.1, -0.05) is 72.8 Å². The molecule has 27 nitrogen and oxygen atoms in total. The van der Waals surface area contributed by atoms with Crippen LogP contribution >= 0.6 is 0 Å². The number of hydrogen-bond donors (Lipinski definition) is 14. The minimum atomic E-state index is -1.93. The van der Waals surface area contributed by atoms with Crippen molar-refractivity contribution in [3.63, 3.8) is 0 Å². The van der Waals surface area contributed by atoms with E-state index in [1.165, 1.54) is 43.0 Å². The Balaban J connectivity index is 1.55. The number of rotatable bonds is 31. The van der Waals surface area contributed by atoms with Crippen molar-refractivity contribution >= 4 is 71.0 Å². The molecule has 1 aliphatic rings. The second-order valence-corrected chi connectivity index (χ2v) is 19.3. The van der Waals surface area contributed by atoms with Crippen molar-refractivity contribution in [3.05, 3.63) is 102 Å². The number of phenols is 1. The molecule has 4 rings (SSSR count). The van der Waals surface area contributed by atoms with Gasteiger partial charge in [0, 0.05) is 38.6 Å². The lowest BCUT2D eigenvalue weighted by molar-refractivity contribution is -0.145. The molecule has 17 N–H and O–H groups in total. The maximum atomic E-state index is 14.6. The summed E-state index contributed by atoms with van der Waals surface area (Å²) in [6.07, 6.45) is -4.02. The molecular weight excluding hydrogens is 1050 g/mol. The highest BCUT2D eigenvalue weighted by Crippen LogP contribution is 2.21. The molecule has 27 heteroatoms. The number of amides is 10. The third kappa shape index (κ3) is 20.4. The third-order valence-corrected chi connectivity index (χ3v) is 12.8. The second-order valence-electron chi connectivity index (χ2n) is 19.3. The smallest absolute Gasteiger partial charge is 0.328 e. The fourth-order valence-electron chi connectivity index (χ4n) is 8.47. The lowest BCUT2D eigenvalue weighted by atomic mass is 10.0. The number of aliphatic hydroxyl groups excluding tert-OH is 1. The van der Waals surface area contributed by atoms with Crippen LogP contribution in [0.4, 0.5) is 0 Å². The van der Waals surface area contributed by atoms with Gasteiger partial charge in [-0.15, -0.1) is 0 Å². The lowest BCUT2D eigenvalue weighted by Crippen LogP contribution is -2.60. The van der Waals surface area contributed by atoms with E-state index >= 15 is 0 Å². The summed E-state index contributed by atoms with van der Waals surface area (Å²) in [7, 11) is 0.